The van der Waals surface area contributed by atoms with Gasteiger partial charge in [-0.25, -0.2) is 0 Å². The summed E-state index contributed by atoms with van der Waals surface area (Å²) in [5, 5.41) is 0. The van der Waals surface area contributed by atoms with Crippen LogP contribution in [-0.2, 0) is 9.59 Å². The lowest BCUT2D eigenvalue weighted by Gasteiger charge is -2.21. The maximum atomic E-state index is 13.7. The highest BCUT2D eigenvalue weighted by atomic mass is 32.2. The van der Waals surface area contributed by atoms with Crippen LogP contribution in [0.4, 0.5) is 0 Å². The number of fused-ring (bicyclic) bond motifs is 6. The van der Waals surface area contributed by atoms with Gasteiger partial charge >= 0.3 is 0 Å². The van der Waals surface area contributed by atoms with Crippen molar-refractivity contribution in [1.82, 2.24) is 9.80 Å². The van der Waals surface area contributed by atoms with Gasteiger partial charge in [-0.2, -0.15) is 0 Å². The van der Waals surface area contributed by atoms with Crippen molar-refractivity contribution in [2.45, 2.75) is 178 Å². The minimum absolute atomic E-state index is 0.0170. The molecule has 4 unspecified atom stereocenters. The highest BCUT2D eigenvalue weighted by Gasteiger charge is 2.38. The molecule has 13 heteroatoms. The van der Waals surface area contributed by atoms with E-state index in [1.165, 1.54) is 177 Å². The Balaban J connectivity index is 1.48. The summed E-state index contributed by atoms with van der Waals surface area (Å²) in [4.78, 5) is 37.3. The van der Waals surface area contributed by atoms with Crippen LogP contribution in [0.25, 0.3) is 44.2 Å². The first-order valence-corrected chi connectivity index (χ1v) is 36.4. The van der Waals surface area contributed by atoms with E-state index < -0.39 is 0 Å². The molecular formula is C63H86N2O2S9. The van der Waals surface area contributed by atoms with Crippen LogP contribution in [0.2, 0.25) is 0 Å². The smallest absolute Gasteiger partial charge is 0.266 e. The molecular weight excluding hydrogens is 1110 g/mol. The van der Waals surface area contributed by atoms with Gasteiger partial charge < -0.3 is 4.90 Å². The number of carbonyl (C=O) groups is 2. The fraction of sp³-hybridized carbons (Fsp3) is 0.587. The Morgan fingerprint density at radius 2 is 0.921 bits per heavy atom. The SMILES string of the molecule is CCCCC(CC)CSC(SCC(CC)CCCC)=C1c2cc3c(cc2-c2sc(/C=C4/CC(=S)N(CC)C4=O)cc21)C(=C(SCC(CC)CCCC)SCC(CC)CCCC)c1cc(/C=C2/SC(=S)N(CC)C2=O)sc1-3. The van der Waals surface area contributed by atoms with Crippen LogP contribution >= 0.6 is 106 Å². The number of thiocarbonyl (C=S) groups is 2. The van der Waals surface area contributed by atoms with Gasteiger partial charge in [-0.15, -0.1) is 69.7 Å². The first-order chi connectivity index (χ1) is 36.9. The minimum Gasteiger partial charge on any atom is -0.303 e. The molecule has 4 aliphatic rings. The van der Waals surface area contributed by atoms with Crippen LogP contribution < -0.4 is 0 Å². The maximum Gasteiger partial charge on any atom is 0.266 e. The van der Waals surface area contributed by atoms with Crippen LogP contribution in [0.3, 0.4) is 0 Å². The number of hydrogen-bond donors (Lipinski definition) is 0. The molecule has 1 aromatic carbocycles. The van der Waals surface area contributed by atoms with Gasteiger partial charge in [0.2, 0.25) is 0 Å². The molecule has 0 N–H and O–H groups in total. The largest absolute Gasteiger partial charge is 0.303 e. The Labute approximate surface area is 499 Å². The van der Waals surface area contributed by atoms with Gasteiger partial charge in [-0.1, -0.05) is 169 Å². The van der Waals surface area contributed by atoms with Gasteiger partial charge in [-0.3, -0.25) is 14.5 Å². The van der Waals surface area contributed by atoms with Crippen LogP contribution in [0.1, 0.15) is 210 Å². The minimum atomic E-state index is 0.0170. The second-order valence-electron chi connectivity index (χ2n) is 21.2. The number of likely N-dealkylation sites (N-methyl/N-ethyl adjacent to an activating group) is 2. The highest BCUT2D eigenvalue weighted by molar-refractivity contribution is 8.26. The molecule has 2 aliphatic heterocycles. The lowest BCUT2D eigenvalue weighted by molar-refractivity contribution is -0.122. The van der Waals surface area contributed by atoms with Gasteiger partial charge in [0, 0.05) is 109 Å². The zero-order valence-electron chi connectivity index (χ0n) is 47.4. The summed E-state index contributed by atoms with van der Waals surface area (Å²) in [7, 11) is 0. The number of thioether (sulfide) groups is 5. The van der Waals surface area contributed by atoms with E-state index in [9.17, 15) is 9.59 Å². The third-order valence-corrected chi connectivity index (χ3v) is 25.7. The van der Waals surface area contributed by atoms with Crippen molar-refractivity contribution in [2.24, 2.45) is 23.7 Å². The summed E-state index contributed by atoms with van der Waals surface area (Å²) in [6, 6.07) is 10.0. The lowest BCUT2D eigenvalue weighted by Crippen LogP contribution is -2.27. The van der Waals surface area contributed by atoms with Crippen molar-refractivity contribution in [3.8, 4) is 20.9 Å². The Kier molecular flexibility index (Phi) is 24.9. The fourth-order valence-corrected chi connectivity index (χ4v) is 20.9. The second-order valence-corrected chi connectivity index (χ2v) is 30.1. The molecule has 2 amide bonds. The van der Waals surface area contributed by atoms with E-state index in [1.807, 2.05) is 36.5 Å². The third kappa shape index (κ3) is 14.7. The Morgan fingerprint density at radius 1 is 0.526 bits per heavy atom. The average molecular weight is 1190 g/mol. The molecule has 2 aromatic heterocycles. The molecule has 0 bridgehead atoms. The zero-order chi connectivity index (χ0) is 54.5. The van der Waals surface area contributed by atoms with E-state index in [2.05, 4.69) is 139 Å². The molecule has 4 atom stereocenters. The second kappa shape index (κ2) is 30.5. The summed E-state index contributed by atoms with van der Waals surface area (Å²) in [6.45, 7) is 24.0. The molecule has 2 aliphatic carbocycles. The average Bonchev–Trinajstić information content (AvgIpc) is 4.28. The molecule has 7 rings (SSSR count). The molecule has 3 aromatic rings. The third-order valence-electron chi connectivity index (χ3n) is 15.9. The number of hydrogen-bond acceptors (Lipinski definition) is 11. The van der Waals surface area contributed by atoms with Crippen LogP contribution in [-0.4, -0.2) is 67.0 Å². The summed E-state index contributed by atoms with van der Waals surface area (Å²) in [5.74, 6) is 7.19. The number of unbranched alkanes of at least 4 members (excludes halogenated alkanes) is 4. The summed E-state index contributed by atoms with van der Waals surface area (Å²) < 4.78 is 3.56. The molecule has 4 heterocycles. The van der Waals surface area contributed by atoms with Crippen molar-refractivity contribution in [2.75, 3.05) is 36.1 Å². The standard InChI is InChI=1S/C63H86N2O2S9/c1-11-21-25-40(15-5)36-70-61(71-37-41(16-6)26-22-12-2)55-47-35-50-48(34-49(47)57-51(55)31-45(74-57)29-44-30-54(68)64(19-9)59(44)66)56(52-32-46(75-58(50)52)33-53-60(67)65(20-10)63(69)76-53)62(72-38-42(17-7)27-23-13-3)73-39-43(18-8)28-24-14-4/h29,31-35,40-43H,11-28,30,36-39H2,1-10H3/b44-29-,53-33+,61-55?,62-56?. The molecule has 4 nitrogen and oxygen atoms in total. The van der Waals surface area contributed by atoms with Crippen molar-refractivity contribution in [3.05, 3.63) is 75.2 Å². The zero-order valence-corrected chi connectivity index (χ0v) is 54.8. The van der Waals surface area contributed by atoms with Crippen LogP contribution in [0, 0.1) is 23.7 Å². The lowest BCUT2D eigenvalue weighted by atomic mass is 9.98. The predicted molar refractivity (Wildman–Crippen MR) is 356 cm³/mol. The summed E-state index contributed by atoms with van der Waals surface area (Å²) >= 11 is 25.1. The molecule has 0 saturated carbocycles. The number of amides is 2. The first kappa shape index (κ1) is 62.1. The van der Waals surface area contributed by atoms with Crippen molar-refractivity contribution in [3.63, 3.8) is 0 Å². The van der Waals surface area contributed by atoms with Gasteiger partial charge in [0.1, 0.15) is 4.32 Å². The van der Waals surface area contributed by atoms with Gasteiger partial charge in [0.05, 0.1) is 9.89 Å². The fourth-order valence-electron chi connectivity index (χ4n) is 10.7. The Morgan fingerprint density at radius 3 is 1.26 bits per heavy atom. The van der Waals surface area contributed by atoms with Crippen molar-refractivity contribution < 1.29 is 9.59 Å². The quantitative estimate of drug-likeness (QED) is 0.0309. The van der Waals surface area contributed by atoms with E-state index in [0.717, 1.165) is 48.2 Å². The highest BCUT2D eigenvalue weighted by Crippen LogP contribution is 2.60. The molecule has 0 spiro atoms. The molecule has 414 valence electrons. The molecule has 76 heavy (non-hydrogen) atoms. The Bertz CT molecular complexity index is 2440. The topological polar surface area (TPSA) is 40.6 Å². The number of rotatable bonds is 32. The number of nitrogens with zero attached hydrogens (tertiary/aromatic N) is 2. The number of carbonyl (C=O) groups excluding carboxylic acids is 2. The van der Waals surface area contributed by atoms with E-state index >= 15 is 0 Å². The normalized spacial score (nSPS) is 17.7. The van der Waals surface area contributed by atoms with Crippen molar-refractivity contribution in [1.29, 1.82) is 0 Å². The first-order valence-electron chi connectivity index (χ1n) is 29.2. The van der Waals surface area contributed by atoms with E-state index in [0.29, 0.717) is 47.5 Å². The molecule has 0 radical (unpaired) electrons. The summed E-state index contributed by atoms with van der Waals surface area (Å²) in [5.41, 5.74) is 11.5. The number of likely N-dealkylation sites (tertiary alicyclic amines) is 1. The van der Waals surface area contributed by atoms with E-state index in [1.54, 1.807) is 9.80 Å². The number of benzene rings is 1. The maximum absolute atomic E-state index is 13.7. The van der Waals surface area contributed by atoms with Crippen molar-refractivity contribution >= 4 is 150 Å². The Hall–Kier alpha value is -1.55. The molecule has 2 saturated heterocycles. The van der Waals surface area contributed by atoms with Gasteiger partial charge in [0.25, 0.3) is 11.8 Å². The molecule has 2 fully saturated rings. The number of thiophene rings is 2. The van der Waals surface area contributed by atoms with E-state index in [-0.39, 0.29) is 11.8 Å². The summed E-state index contributed by atoms with van der Waals surface area (Å²) in [6.07, 6.45) is 24.7. The van der Waals surface area contributed by atoms with E-state index in [4.69, 9.17) is 24.4 Å². The van der Waals surface area contributed by atoms with Crippen LogP contribution in [0.5, 0.6) is 0 Å². The predicted octanol–water partition coefficient (Wildman–Crippen LogP) is 21.2. The van der Waals surface area contributed by atoms with Crippen LogP contribution in [0.15, 0.2) is 43.2 Å². The monoisotopic (exact) mass is 1190 g/mol. The van der Waals surface area contributed by atoms with Gasteiger partial charge in [-0.05, 0) is 111 Å². The van der Waals surface area contributed by atoms with Gasteiger partial charge in [0.15, 0.2) is 0 Å².